The number of H-pyrrole nitrogens is 1. The largest absolute Gasteiger partial charge is 0.497 e. The third kappa shape index (κ3) is 4.30. The van der Waals surface area contributed by atoms with E-state index >= 15 is 0 Å². The molecule has 0 saturated heterocycles. The van der Waals surface area contributed by atoms with Crippen molar-refractivity contribution in [2.45, 2.75) is 20.4 Å². The highest BCUT2D eigenvalue weighted by Crippen LogP contribution is 2.23. The molecule has 2 heterocycles. The average Bonchev–Trinajstić information content (AvgIpc) is 3.26. The van der Waals surface area contributed by atoms with Gasteiger partial charge >= 0.3 is 0 Å². The SMILES string of the molecule is COc1cccc(Cn2nc(C)c(/C=N/n3c(-c4ccccc4C)n[nH]c3=S)c2Cl)c1. The normalized spacial score (nSPS) is 11.4. The average molecular weight is 453 g/mol. The van der Waals surface area contributed by atoms with Gasteiger partial charge in [-0.1, -0.05) is 48.0 Å². The summed E-state index contributed by atoms with van der Waals surface area (Å²) < 4.78 is 9.02. The lowest BCUT2D eigenvalue weighted by Crippen LogP contribution is -2.02. The molecule has 1 N–H and O–H groups in total. The van der Waals surface area contributed by atoms with Crippen LogP contribution in [0.1, 0.15) is 22.4 Å². The van der Waals surface area contributed by atoms with Gasteiger partial charge in [-0.2, -0.15) is 20.0 Å². The van der Waals surface area contributed by atoms with Crippen molar-refractivity contribution < 1.29 is 4.74 Å². The van der Waals surface area contributed by atoms with Crippen molar-refractivity contribution in [3.63, 3.8) is 0 Å². The van der Waals surface area contributed by atoms with Crippen LogP contribution in [-0.2, 0) is 6.54 Å². The van der Waals surface area contributed by atoms with Gasteiger partial charge in [0, 0.05) is 5.56 Å². The Bertz CT molecular complexity index is 1320. The number of nitrogens with zero attached hydrogens (tertiary/aromatic N) is 5. The molecule has 0 fully saturated rings. The number of aromatic nitrogens is 5. The second-order valence-corrected chi connectivity index (χ2v) is 7.77. The van der Waals surface area contributed by atoms with Gasteiger partial charge in [-0.05, 0) is 49.3 Å². The van der Waals surface area contributed by atoms with E-state index in [1.165, 1.54) is 0 Å². The Morgan fingerprint density at radius 2 is 2.00 bits per heavy atom. The summed E-state index contributed by atoms with van der Waals surface area (Å²) in [4.78, 5) is 0. The van der Waals surface area contributed by atoms with Gasteiger partial charge in [-0.15, -0.1) is 0 Å². The summed E-state index contributed by atoms with van der Waals surface area (Å²) in [5, 5.41) is 16.8. The van der Waals surface area contributed by atoms with E-state index in [4.69, 9.17) is 28.6 Å². The molecule has 0 bridgehead atoms. The van der Waals surface area contributed by atoms with E-state index in [1.54, 1.807) is 22.7 Å². The highest BCUT2D eigenvalue weighted by atomic mass is 35.5. The molecule has 2 aromatic carbocycles. The van der Waals surface area contributed by atoms with Crippen molar-refractivity contribution in [2.24, 2.45) is 5.10 Å². The lowest BCUT2D eigenvalue weighted by molar-refractivity contribution is 0.414. The second kappa shape index (κ2) is 8.87. The van der Waals surface area contributed by atoms with Crippen molar-refractivity contribution in [1.82, 2.24) is 24.7 Å². The first-order valence-electron chi connectivity index (χ1n) is 9.61. The zero-order valence-corrected chi connectivity index (χ0v) is 18.9. The molecule has 4 rings (SSSR count). The van der Waals surface area contributed by atoms with Gasteiger partial charge < -0.3 is 4.74 Å². The maximum Gasteiger partial charge on any atom is 0.216 e. The fourth-order valence-electron chi connectivity index (χ4n) is 3.27. The second-order valence-electron chi connectivity index (χ2n) is 7.02. The number of ether oxygens (including phenoxy) is 1. The number of hydrogen-bond acceptors (Lipinski definition) is 5. The number of halogens is 1. The highest BCUT2D eigenvalue weighted by Gasteiger charge is 2.14. The van der Waals surface area contributed by atoms with E-state index in [-0.39, 0.29) is 0 Å². The Balaban J connectivity index is 1.66. The van der Waals surface area contributed by atoms with Crippen molar-refractivity contribution in [1.29, 1.82) is 0 Å². The minimum Gasteiger partial charge on any atom is -0.497 e. The Hall–Kier alpha value is -3.23. The van der Waals surface area contributed by atoms with E-state index in [0.717, 1.165) is 33.7 Å². The van der Waals surface area contributed by atoms with Crippen molar-refractivity contribution >= 4 is 30.0 Å². The minimum absolute atomic E-state index is 0.395. The molecule has 0 spiro atoms. The summed E-state index contributed by atoms with van der Waals surface area (Å²) in [6, 6.07) is 15.7. The van der Waals surface area contributed by atoms with E-state index in [2.05, 4.69) is 20.4 Å². The molecule has 0 saturated carbocycles. The summed E-state index contributed by atoms with van der Waals surface area (Å²) in [7, 11) is 1.64. The van der Waals surface area contributed by atoms with Gasteiger partial charge in [-0.3, -0.25) is 0 Å². The number of nitrogens with one attached hydrogen (secondary N) is 1. The Labute approximate surface area is 190 Å². The Morgan fingerprint density at radius 3 is 2.77 bits per heavy atom. The van der Waals surface area contributed by atoms with Crippen LogP contribution in [-0.4, -0.2) is 38.0 Å². The van der Waals surface area contributed by atoms with Crippen molar-refractivity contribution in [3.8, 4) is 17.1 Å². The summed E-state index contributed by atoms with van der Waals surface area (Å²) in [5.41, 5.74) is 4.55. The van der Waals surface area contributed by atoms with Crippen LogP contribution in [0.2, 0.25) is 5.15 Å². The zero-order valence-electron chi connectivity index (χ0n) is 17.3. The van der Waals surface area contributed by atoms with Crippen LogP contribution in [0.3, 0.4) is 0 Å². The smallest absolute Gasteiger partial charge is 0.216 e. The molecular formula is C22H21ClN6OS. The molecule has 7 nitrogen and oxygen atoms in total. The van der Waals surface area contributed by atoms with Crippen LogP contribution in [0.4, 0.5) is 0 Å². The van der Waals surface area contributed by atoms with E-state index < -0.39 is 0 Å². The third-order valence-corrected chi connectivity index (χ3v) is 5.58. The van der Waals surface area contributed by atoms with E-state index in [0.29, 0.717) is 22.3 Å². The van der Waals surface area contributed by atoms with Crippen molar-refractivity contribution in [2.75, 3.05) is 7.11 Å². The molecular weight excluding hydrogens is 432 g/mol. The fraction of sp³-hybridized carbons (Fsp3) is 0.182. The lowest BCUT2D eigenvalue weighted by atomic mass is 10.1. The lowest BCUT2D eigenvalue weighted by Gasteiger charge is -2.06. The predicted molar refractivity (Wildman–Crippen MR) is 125 cm³/mol. The predicted octanol–water partition coefficient (Wildman–Crippen LogP) is 5.01. The van der Waals surface area contributed by atoms with Gasteiger partial charge in [0.1, 0.15) is 10.9 Å². The molecule has 0 radical (unpaired) electrons. The fourth-order valence-corrected chi connectivity index (χ4v) is 3.74. The van der Waals surface area contributed by atoms with Gasteiger partial charge in [0.25, 0.3) is 0 Å². The highest BCUT2D eigenvalue weighted by molar-refractivity contribution is 7.71. The molecule has 31 heavy (non-hydrogen) atoms. The molecule has 9 heteroatoms. The zero-order chi connectivity index (χ0) is 22.0. The summed E-state index contributed by atoms with van der Waals surface area (Å²) in [6.07, 6.45) is 1.67. The van der Waals surface area contributed by atoms with Gasteiger partial charge in [0.15, 0.2) is 5.82 Å². The maximum absolute atomic E-state index is 6.63. The molecule has 0 aliphatic heterocycles. The van der Waals surface area contributed by atoms with E-state index in [9.17, 15) is 0 Å². The van der Waals surface area contributed by atoms with Crippen LogP contribution in [0, 0.1) is 18.6 Å². The van der Waals surface area contributed by atoms with Crippen molar-refractivity contribution in [3.05, 3.63) is 80.8 Å². The molecule has 2 aromatic heterocycles. The molecule has 158 valence electrons. The first-order chi connectivity index (χ1) is 15.0. The number of benzene rings is 2. The van der Waals surface area contributed by atoms with Crippen LogP contribution < -0.4 is 4.74 Å². The number of methoxy groups -OCH3 is 1. The number of aryl methyl sites for hydroxylation is 2. The van der Waals surface area contributed by atoms with Gasteiger partial charge in [0.2, 0.25) is 4.77 Å². The van der Waals surface area contributed by atoms with Crippen LogP contribution >= 0.6 is 23.8 Å². The number of hydrogen-bond donors (Lipinski definition) is 1. The molecule has 0 unspecified atom stereocenters. The Kier molecular flexibility index (Phi) is 6.01. The first-order valence-corrected chi connectivity index (χ1v) is 10.4. The topological polar surface area (TPSA) is 73.0 Å². The quantitative estimate of drug-likeness (QED) is 0.329. The molecule has 4 aromatic rings. The van der Waals surface area contributed by atoms with Gasteiger partial charge in [-0.25, -0.2) is 9.78 Å². The molecule has 0 amide bonds. The summed E-state index contributed by atoms with van der Waals surface area (Å²) in [6.45, 7) is 4.43. The minimum atomic E-state index is 0.395. The molecule has 0 aliphatic carbocycles. The first kappa shape index (κ1) is 21.0. The summed E-state index contributed by atoms with van der Waals surface area (Å²) in [5.74, 6) is 1.43. The Morgan fingerprint density at radius 1 is 1.19 bits per heavy atom. The number of aromatic amines is 1. The molecule has 0 atom stereocenters. The third-order valence-electron chi connectivity index (χ3n) is 4.91. The summed E-state index contributed by atoms with van der Waals surface area (Å²) >= 11 is 12.0. The molecule has 0 aliphatic rings. The standard InChI is InChI=1S/C22H21ClN6OS/c1-14-7-4-5-10-18(14)21-25-26-22(31)29(21)24-12-19-15(2)27-28(20(19)23)13-16-8-6-9-17(11-16)30-3/h4-12H,13H2,1-3H3,(H,26,31)/b24-12+. The van der Waals surface area contributed by atoms with Gasteiger partial charge in [0.05, 0.1) is 31.1 Å². The maximum atomic E-state index is 6.63. The number of rotatable bonds is 6. The van der Waals surface area contributed by atoms with Crippen LogP contribution in [0.15, 0.2) is 53.6 Å². The van der Waals surface area contributed by atoms with E-state index in [1.807, 2.05) is 62.4 Å². The van der Waals surface area contributed by atoms with Crippen LogP contribution in [0.5, 0.6) is 5.75 Å². The monoisotopic (exact) mass is 452 g/mol. The van der Waals surface area contributed by atoms with Crippen LogP contribution in [0.25, 0.3) is 11.4 Å².